The molecule has 1 unspecified atom stereocenters. The van der Waals surface area contributed by atoms with Crippen molar-refractivity contribution < 1.29 is 33.4 Å². The molecule has 0 radical (unpaired) electrons. The van der Waals surface area contributed by atoms with E-state index in [1.807, 2.05) is 42.5 Å². The number of imide groups is 2. The molecule has 6 aromatic rings. The van der Waals surface area contributed by atoms with Crippen molar-refractivity contribution in [3.63, 3.8) is 0 Å². The Morgan fingerprint density at radius 1 is 0.864 bits per heavy atom. The molecule has 0 spiro atoms. The molecule has 1 aliphatic carbocycles. The molecule has 16 heteroatoms. The van der Waals surface area contributed by atoms with Gasteiger partial charge in [0, 0.05) is 49.1 Å². The van der Waals surface area contributed by atoms with Crippen molar-refractivity contribution in [2.45, 2.75) is 63.3 Å². The molecular weight excluding hydrogens is 839 g/mol. The number of piperidine rings is 1. The Labute approximate surface area is 381 Å². The maximum Gasteiger partial charge on any atom is 0.264 e. The molecule has 1 atom stereocenters. The zero-order chi connectivity index (χ0) is 45.8. The number of carbonyl (C=O) groups excluding carboxylic acids is 5. The summed E-state index contributed by atoms with van der Waals surface area (Å²) >= 11 is 0. The lowest BCUT2D eigenvalue weighted by Crippen LogP contribution is -2.54. The molecule has 0 bridgehead atoms. The van der Waals surface area contributed by atoms with Crippen LogP contribution in [0.1, 0.15) is 77.3 Å². The lowest BCUT2D eigenvalue weighted by Gasteiger charge is -2.39. The van der Waals surface area contributed by atoms with E-state index < -0.39 is 29.7 Å². The van der Waals surface area contributed by atoms with Gasteiger partial charge in [-0.1, -0.05) is 49.7 Å². The van der Waals surface area contributed by atoms with Crippen LogP contribution in [0.5, 0.6) is 0 Å². The van der Waals surface area contributed by atoms with E-state index in [-0.39, 0.29) is 48.3 Å². The number of benzene rings is 3. The number of aromatic nitrogens is 4. The topological polar surface area (TPSA) is 213 Å². The predicted octanol–water partition coefficient (Wildman–Crippen LogP) is 5.77. The van der Waals surface area contributed by atoms with Gasteiger partial charge in [-0.25, -0.2) is 15.0 Å². The summed E-state index contributed by atoms with van der Waals surface area (Å²) in [5, 5.41) is 8.33. The van der Waals surface area contributed by atoms with Crippen LogP contribution in [0.2, 0.25) is 0 Å². The van der Waals surface area contributed by atoms with E-state index in [0.29, 0.717) is 62.3 Å². The maximum absolute atomic E-state index is 13.3. The molecule has 1 saturated heterocycles. The Hall–Kier alpha value is -7.30. The fraction of sp³-hybridized carbons (Fsp3) is 0.320. The van der Waals surface area contributed by atoms with Crippen LogP contribution < -0.4 is 21.7 Å². The van der Waals surface area contributed by atoms with E-state index >= 15 is 0 Å². The highest BCUT2D eigenvalue weighted by Crippen LogP contribution is 2.43. The molecule has 1 saturated carbocycles. The monoisotopic (exact) mass is 889 g/mol. The van der Waals surface area contributed by atoms with Crippen LogP contribution in [-0.4, -0.2) is 99.5 Å². The first-order valence-corrected chi connectivity index (χ1v) is 22.4. The Morgan fingerprint density at radius 2 is 1.65 bits per heavy atom. The summed E-state index contributed by atoms with van der Waals surface area (Å²) < 4.78 is 13.3. The predicted molar refractivity (Wildman–Crippen MR) is 248 cm³/mol. The number of ether oxygens (including phenoxy) is 2. The summed E-state index contributed by atoms with van der Waals surface area (Å²) in [6.45, 7) is 4.25. The number of rotatable bonds is 18. The molecular formula is C50H51N9O7. The van der Waals surface area contributed by atoms with Crippen LogP contribution in [0.4, 0.5) is 11.5 Å². The second kappa shape index (κ2) is 19.0. The van der Waals surface area contributed by atoms with Crippen LogP contribution in [0.25, 0.3) is 39.5 Å². The molecule has 3 aromatic carbocycles. The van der Waals surface area contributed by atoms with Crippen LogP contribution in [-0.2, 0) is 35.7 Å². The molecule has 5 heterocycles. The van der Waals surface area contributed by atoms with Gasteiger partial charge < -0.3 is 25.8 Å². The van der Waals surface area contributed by atoms with Crippen LogP contribution in [0, 0.1) is 0 Å². The molecule has 3 aromatic heterocycles. The third-order valence-electron chi connectivity index (χ3n) is 12.7. The fourth-order valence-corrected chi connectivity index (χ4v) is 8.89. The van der Waals surface area contributed by atoms with E-state index in [9.17, 15) is 24.0 Å². The van der Waals surface area contributed by atoms with Gasteiger partial charge in [-0.2, -0.15) is 0 Å². The standard InChI is InChI=1S/C50H51N9O7/c1-50(21-5-22-50)33-11-13-34(14-12-33)58-45(36-9-4-23-54-44(36)51)56-39-16-15-37(55-46(39)58)32-7-2-6-31(30-32)19-24-53-41(60)20-26-65-28-29-66-27-25-52-38-10-3-8-35-43(38)49(64)59(48(35)63)40-17-18-42(61)57-47(40)62/h2-4,6-16,23,30,40,52H,5,17-22,24-29H2,1H3,(H2,51,54)(H,53,60)(H,57,61,62). The van der Waals surface area contributed by atoms with Crippen LogP contribution >= 0.6 is 0 Å². The van der Waals surface area contributed by atoms with E-state index in [0.717, 1.165) is 38.5 Å². The maximum atomic E-state index is 13.3. The fourth-order valence-electron chi connectivity index (χ4n) is 8.89. The number of nitrogens with zero attached hydrogens (tertiary/aromatic N) is 5. The Bertz CT molecular complexity index is 2840. The quantitative estimate of drug-likeness (QED) is 0.0599. The molecule has 66 heavy (non-hydrogen) atoms. The second-order valence-electron chi connectivity index (χ2n) is 17.1. The van der Waals surface area contributed by atoms with Gasteiger partial charge in [-0.05, 0) is 96.8 Å². The first-order valence-electron chi connectivity index (χ1n) is 22.4. The molecule has 5 N–H and O–H groups in total. The Balaban J connectivity index is 0.728. The van der Waals surface area contributed by atoms with Crippen LogP contribution in [0.15, 0.2) is 97.2 Å². The molecule has 9 rings (SSSR count). The highest BCUT2D eigenvalue weighted by molar-refractivity contribution is 6.25. The molecule has 338 valence electrons. The van der Waals surface area contributed by atoms with Gasteiger partial charge in [0.1, 0.15) is 17.4 Å². The second-order valence-corrected chi connectivity index (χ2v) is 17.1. The largest absolute Gasteiger partial charge is 0.383 e. The minimum absolute atomic E-state index is 0.0515. The van der Waals surface area contributed by atoms with Gasteiger partial charge in [-0.15, -0.1) is 0 Å². The highest BCUT2D eigenvalue weighted by atomic mass is 16.5. The molecule has 2 aliphatic heterocycles. The van der Waals surface area contributed by atoms with Gasteiger partial charge in [-0.3, -0.25) is 38.8 Å². The summed E-state index contributed by atoms with van der Waals surface area (Å²) in [6, 6.07) is 28.5. The number of nitrogens with one attached hydrogen (secondary N) is 3. The number of hydrogen-bond donors (Lipinski definition) is 4. The minimum atomic E-state index is -1.03. The number of fused-ring (bicyclic) bond motifs is 2. The van der Waals surface area contributed by atoms with E-state index in [4.69, 9.17) is 25.2 Å². The number of carbonyl (C=O) groups is 5. The number of nitrogens with two attached hydrogens (primary N) is 1. The molecule has 16 nitrogen and oxygen atoms in total. The lowest BCUT2D eigenvalue weighted by atomic mass is 9.66. The molecule has 5 amide bonds. The third-order valence-corrected chi connectivity index (χ3v) is 12.7. The minimum Gasteiger partial charge on any atom is -0.383 e. The number of nitrogen functional groups attached to an aromatic ring is 1. The summed E-state index contributed by atoms with van der Waals surface area (Å²) in [4.78, 5) is 78.4. The average molecular weight is 890 g/mol. The van der Waals surface area contributed by atoms with Crippen molar-refractivity contribution >= 4 is 52.2 Å². The summed E-state index contributed by atoms with van der Waals surface area (Å²) in [6.07, 6.45) is 6.29. The summed E-state index contributed by atoms with van der Waals surface area (Å²) in [5.74, 6) is -1.27. The zero-order valence-corrected chi connectivity index (χ0v) is 36.7. The van der Waals surface area contributed by atoms with Gasteiger partial charge >= 0.3 is 0 Å². The first kappa shape index (κ1) is 43.9. The first-order chi connectivity index (χ1) is 32.1. The number of pyridine rings is 2. The van der Waals surface area contributed by atoms with Gasteiger partial charge in [0.2, 0.25) is 17.7 Å². The van der Waals surface area contributed by atoms with Crippen molar-refractivity contribution in [1.82, 2.24) is 35.1 Å². The number of hydrogen-bond acceptors (Lipinski definition) is 12. The van der Waals surface area contributed by atoms with Crippen molar-refractivity contribution in [3.05, 3.63) is 119 Å². The van der Waals surface area contributed by atoms with Crippen molar-refractivity contribution in [3.8, 4) is 28.3 Å². The highest BCUT2D eigenvalue weighted by Gasteiger charge is 2.45. The molecule has 3 aliphatic rings. The summed E-state index contributed by atoms with van der Waals surface area (Å²) in [5.41, 5.74) is 14.7. The van der Waals surface area contributed by atoms with E-state index in [2.05, 4.69) is 62.8 Å². The van der Waals surface area contributed by atoms with Crippen molar-refractivity contribution in [2.24, 2.45) is 0 Å². The van der Waals surface area contributed by atoms with E-state index in [1.54, 1.807) is 24.4 Å². The zero-order valence-electron chi connectivity index (χ0n) is 36.7. The Morgan fingerprint density at radius 3 is 2.42 bits per heavy atom. The molecule has 2 fully saturated rings. The van der Waals surface area contributed by atoms with Gasteiger partial charge in [0.25, 0.3) is 11.8 Å². The average Bonchev–Trinajstić information content (AvgIpc) is 3.81. The van der Waals surface area contributed by atoms with Crippen LogP contribution in [0.3, 0.4) is 0 Å². The van der Waals surface area contributed by atoms with Crippen molar-refractivity contribution in [1.29, 1.82) is 0 Å². The third kappa shape index (κ3) is 9.01. The smallest absolute Gasteiger partial charge is 0.264 e. The lowest BCUT2D eigenvalue weighted by molar-refractivity contribution is -0.136. The Kier molecular flexibility index (Phi) is 12.7. The number of amides is 5. The summed E-state index contributed by atoms with van der Waals surface area (Å²) in [7, 11) is 0. The normalized spacial score (nSPS) is 16.6. The SMILES string of the molecule is CC1(c2ccc(-n3c(-c4cccnc4N)nc4ccc(-c5cccc(CCNC(=O)CCOCCOCCNc6cccc7c6C(=O)N(C6CCC(=O)NC6=O)C7=O)c5)nc43)cc2)CCC1. The number of anilines is 2. The van der Waals surface area contributed by atoms with Gasteiger partial charge in [0.15, 0.2) is 11.5 Å². The van der Waals surface area contributed by atoms with Crippen molar-refractivity contribution in [2.75, 3.05) is 50.6 Å². The van der Waals surface area contributed by atoms with Gasteiger partial charge in [0.05, 0.1) is 48.8 Å². The van der Waals surface area contributed by atoms with E-state index in [1.165, 1.54) is 24.8 Å². The number of imidazole rings is 1.